The molecule has 1 aliphatic carbocycles. The van der Waals surface area contributed by atoms with Gasteiger partial charge >= 0.3 is 0 Å². The summed E-state index contributed by atoms with van der Waals surface area (Å²) in [5, 5.41) is 7.62. The number of hydrogen-bond acceptors (Lipinski definition) is 3. The van der Waals surface area contributed by atoms with E-state index in [1.807, 2.05) is 30.3 Å². The number of rotatable bonds is 4. The monoisotopic (exact) mass is 312 g/mol. The van der Waals surface area contributed by atoms with Crippen molar-refractivity contribution in [1.29, 1.82) is 0 Å². The summed E-state index contributed by atoms with van der Waals surface area (Å²) in [6.07, 6.45) is 9.10. The smallest absolute Gasteiger partial charge is 0.189 e. The van der Waals surface area contributed by atoms with E-state index in [1.54, 1.807) is 11.0 Å². The molecule has 0 spiro atoms. The molecule has 122 valence electrons. The molecule has 1 saturated carbocycles. The van der Waals surface area contributed by atoms with Crippen LogP contribution in [0.25, 0.3) is 5.69 Å². The van der Waals surface area contributed by atoms with Crippen LogP contribution in [-0.4, -0.2) is 26.8 Å². The molecule has 0 bridgehead atoms. The van der Waals surface area contributed by atoms with Crippen LogP contribution in [0.15, 0.2) is 41.7 Å². The van der Waals surface area contributed by atoms with E-state index in [-0.39, 0.29) is 0 Å². The highest BCUT2D eigenvalue weighted by molar-refractivity contribution is 5.78. The van der Waals surface area contributed by atoms with Crippen LogP contribution in [0.1, 0.15) is 44.3 Å². The topological polar surface area (TPSA) is 81.1 Å². The quantitative estimate of drug-likeness (QED) is 0.516. The van der Waals surface area contributed by atoms with Gasteiger partial charge in [-0.2, -0.15) is 5.10 Å². The van der Waals surface area contributed by atoms with Crippen molar-refractivity contribution in [1.82, 2.24) is 20.1 Å². The first-order chi connectivity index (χ1) is 11.3. The highest BCUT2D eigenvalue weighted by Gasteiger charge is 2.12. The van der Waals surface area contributed by atoms with Crippen LogP contribution in [0, 0.1) is 0 Å². The van der Waals surface area contributed by atoms with E-state index in [0.29, 0.717) is 18.5 Å². The predicted molar refractivity (Wildman–Crippen MR) is 91.3 cm³/mol. The molecule has 1 aliphatic rings. The number of aromatic nitrogens is 3. The maximum atomic E-state index is 6.04. The fourth-order valence-electron chi connectivity index (χ4n) is 2.99. The number of hydrogen-bond donors (Lipinski definition) is 2. The van der Waals surface area contributed by atoms with Gasteiger partial charge in [-0.25, -0.2) is 14.7 Å². The number of nitrogens with zero attached hydrogens (tertiary/aromatic N) is 4. The van der Waals surface area contributed by atoms with Crippen molar-refractivity contribution < 1.29 is 0 Å². The van der Waals surface area contributed by atoms with Crippen LogP contribution in [0.4, 0.5) is 0 Å². The van der Waals surface area contributed by atoms with Gasteiger partial charge in [-0.1, -0.05) is 43.9 Å². The third-order valence-electron chi connectivity index (χ3n) is 4.22. The SMILES string of the molecule is NC(=NCc1ncnn1-c1ccccc1)NC1CCCCCC1. The second kappa shape index (κ2) is 7.76. The molecule has 1 aromatic carbocycles. The highest BCUT2D eigenvalue weighted by atomic mass is 15.3. The average molecular weight is 312 g/mol. The van der Waals surface area contributed by atoms with Gasteiger partial charge < -0.3 is 11.1 Å². The zero-order chi connectivity index (χ0) is 15.9. The van der Waals surface area contributed by atoms with E-state index in [9.17, 15) is 0 Å². The number of benzene rings is 1. The average Bonchev–Trinajstić information content (AvgIpc) is 2.91. The van der Waals surface area contributed by atoms with Crippen molar-refractivity contribution >= 4 is 5.96 Å². The van der Waals surface area contributed by atoms with Crippen molar-refractivity contribution in [3.63, 3.8) is 0 Å². The predicted octanol–water partition coefficient (Wildman–Crippen LogP) is 2.39. The lowest BCUT2D eigenvalue weighted by molar-refractivity contribution is 0.530. The van der Waals surface area contributed by atoms with Crippen LogP contribution in [0.3, 0.4) is 0 Å². The maximum absolute atomic E-state index is 6.04. The first-order valence-corrected chi connectivity index (χ1v) is 8.34. The minimum absolute atomic E-state index is 0.417. The zero-order valence-electron chi connectivity index (χ0n) is 13.4. The lowest BCUT2D eigenvalue weighted by atomic mass is 10.1. The number of nitrogens with two attached hydrogens (primary N) is 1. The Hall–Kier alpha value is -2.37. The molecular formula is C17H24N6. The van der Waals surface area contributed by atoms with Gasteiger partial charge in [0, 0.05) is 6.04 Å². The second-order valence-electron chi connectivity index (χ2n) is 5.96. The van der Waals surface area contributed by atoms with E-state index in [0.717, 1.165) is 11.5 Å². The standard InChI is InChI=1S/C17H24N6/c18-17(22-14-8-4-1-2-5-9-14)19-12-16-20-13-21-23(16)15-10-6-3-7-11-15/h3,6-7,10-11,13-14H,1-2,4-5,8-9,12H2,(H3,18,19,22). The molecule has 0 amide bonds. The summed E-state index contributed by atoms with van der Waals surface area (Å²) in [7, 11) is 0. The molecule has 1 fully saturated rings. The Bertz CT molecular complexity index is 626. The maximum Gasteiger partial charge on any atom is 0.189 e. The van der Waals surface area contributed by atoms with Crippen LogP contribution in [0.2, 0.25) is 0 Å². The summed E-state index contributed by atoms with van der Waals surface area (Å²) in [6, 6.07) is 10.4. The molecule has 3 N–H and O–H groups in total. The van der Waals surface area contributed by atoms with Gasteiger partial charge in [-0.3, -0.25) is 0 Å². The molecule has 3 rings (SSSR count). The van der Waals surface area contributed by atoms with E-state index in [2.05, 4.69) is 20.4 Å². The van der Waals surface area contributed by atoms with Crippen LogP contribution in [-0.2, 0) is 6.54 Å². The summed E-state index contributed by atoms with van der Waals surface area (Å²) in [6.45, 7) is 0.417. The molecule has 0 aliphatic heterocycles. The van der Waals surface area contributed by atoms with Crippen molar-refractivity contribution in [3.05, 3.63) is 42.5 Å². The third-order valence-corrected chi connectivity index (χ3v) is 4.22. The Morgan fingerprint density at radius 1 is 1.17 bits per heavy atom. The molecule has 6 heteroatoms. The first-order valence-electron chi connectivity index (χ1n) is 8.34. The molecular weight excluding hydrogens is 288 g/mol. The fraction of sp³-hybridized carbons (Fsp3) is 0.471. The molecule has 0 radical (unpaired) electrons. The Labute approximate surface area is 136 Å². The molecule has 6 nitrogen and oxygen atoms in total. The Kier molecular flexibility index (Phi) is 5.24. The molecule has 0 unspecified atom stereocenters. The summed E-state index contributed by atoms with van der Waals surface area (Å²) in [5.41, 5.74) is 7.02. The van der Waals surface area contributed by atoms with Gasteiger partial charge in [0.25, 0.3) is 0 Å². The number of nitrogens with one attached hydrogen (secondary N) is 1. The number of para-hydroxylation sites is 1. The van der Waals surface area contributed by atoms with Gasteiger partial charge in [0.15, 0.2) is 11.8 Å². The Balaban J connectivity index is 1.62. The lowest BCUT2D eigenvalue weighted by Crippen LogP contribution is -2.39. The number of aliphatic imine (C=N–C) groups is 1. The largest absolute Gasteiger partial charge is 0.370 e. The van der Waals surface area contributed by atoms with Gasteiger partial charge in [-0.15, -0.1) is 0 Å². The van der Waals surface area contributed by atoms with Crippen LogP contribution < -0.4 is 11.1 Å². The minimum atomic E-state index is 0.417. The Morgan fingerprint density at radius 2 is 1.91 bits per heavy atom. The van der Waals surface area contributed by atoms with Gasteiger partial charge in [0.2, 0.25) is 0 Å². The van der Waals surface area contributed by atoms with Gasteiger partial charge in [0.05, 0.1) is 5.69 Å². The van der Waals surface area contributed by atoms with Crippen molar-refractivity contribution in [3.8, 4) is 5.69 Å². The van der Waals surface area contributed by atoms with E-state index in [4.69, 9.17) is 5.73 Å². The molecule has 0 atom stereocenters. The normalized spacial score (nSPS) is 17.0. The summed E-state index contributed by atoms with van der Waals surface area (Å²) < 4.78 is 1.79. The van der Waals surface area contributed by atoms with Crippen molar-refractivity contribution in [2.45, 2.75) is 51.1 Å². The van der Waals surface area contributed by atoms with Crippen LogP contribution in [0.5, 0.6) is 0 Å². The molecule has 0 saturated heterocycles. The zero-order valence-corrected chi connectivity index (χ0v) is 13.4. The Morgan fingerprint density at radius 3 is 2.65 bits per heavy atom. The van der Waals surface area contributed by atoms with Gasteiger partial charge in [-0.05, 0) is 25.0 Å². The lowest BCUT2D eigenvalue weighted by Gasteiger charge is -2.16. The molecule has 1 heterocycles. The van der Waals surface area contributed by atoms with E-state index >= 15 is 0 Å². The fourth-order valence-corrected chi connectivity index (χ4v) is 2.99. The van der Waals surface area contributed by atoms with E-state index < -0.39 is 0 Å². The van der Waals surface area contributed by atoms with Crippen molar-refractivity contribution in [2.24, 2.45) is 10.7 Å². The molecule has 23 heavy (non-hydrogen) atoms. The van der Waals surface area contributed by atoms with Crippen LogP contribution >= 0.6 is 0 Å². The van der Waals surface area contributed by atoms with E-state index in [1.165, 1.54) is 38.5 Å². The summed E-state index contributed by atoms with van der Waals surface area (Å²) >= 11 is 0. The second-order valence-corrected chi connectivity index (χ2v) is 5.96. The van der Waals surface area contributed by atoms with Crippen molar-refractivity contribution in [2.75, 3.05) is 0 Å². The van der Waals surface area contributed by atoms with Gasteiger partial charge in [0.1, 0.15) is 12.9 Å². The molecule has 2 aromatic rings. The minimum Gasteiger partial charge on any atom is -0.370 e. The highest BCUT2D eigenvalue weighted by Crippen LogP contribution is 2.17. The molecule has 1 aromatic heterocycles. The number of guanidine groups is 1. The first kappa shape index (κ1) is 15.5. The summed E-state index contributed by atoms with van der Waals surface area (Å²) in [4.78, 5) is 8.73. The summed E-state index contributed by atoms with van der Waals surface area (Å²) in [5.74, 6) is 1.28. The third kappa shape index (κ3) is 4.31.